The highest BCUT2D eigenvalue weighted by atomic mass is 79.9. The number of hydrogen-bond acceptors (Lipinski definition) is 3. The third-order valence-electron chi connectivity index (χ3n) is 4.12. The van der Waals surface area contributed by atoms with E-state index in [0.29, 0.717) is 26.3 Å². The van der Waals surface area contributed by atoms with Gasteiger partial charge in [0.1, 0.15) is 6.61 Å². The maximum absolute atomic E-state index is 13.4. The molecular weight excluding hydrogens is 426 g/mol. The Morgan fingerprint density at radius 1 is 1.08 bits per heavy atom. The van der Waals surface area contributed by atoms with Gasteiger partial charge in [0.05, 0.1) is 21.6 Å². The van der Waals surface area contributed by atoms with E-state index in [2.05, 4.69) is 15.9 Å². The maximum atomic E-state index is 13.4. The average molecular weight is 439 g/mol. The summed E-state index contributed by atoms with van der Waals surface area (Å²) < 4.78 is 34.4. The van der Waals surface area contributed by atoms with Crippen LogP contribution in [0.15, 0.2) is 64.0 Å². The number of halogens is 2. The van der Waals surface area contributed by atoms with Crippen molar-refractivity contribution in [1.29, 1.82) is 0 Å². The van der Waals surface area contributed by atoms with Crippen LogP contribution < -0.4 is 9.04 Å². The topological polar surface area (TPSA) is 46.6 Å². The molecule has 0 fully saturated rings. The Labute approximate surface area is 159 Å². The molecule has 128 valence electrons. The Hall–Kier alpha value is -1.76. The summed E-state index contributed by atoms with van der Waals surface area (Å²) in [5.74, 6) is 0.486. The molecule has 4 nitrogen and oxygen atoms in total. The van der Waals surface area contributed by atoms with E-state index in [-0.39, 0.29) is 18.0 Å². The van der Waals surface area contributed by atoms with Gasteiger partial charge in [-0.1, -0.05) is 48.0 Å². The van der Waals surface area contributed by atoms with Crippen molar-refractivity contribution < 1.29 is 13.2 Å². The van der Waals surface area contributed by atoms with E-state index < -0.39 is 10.0 Å². The van der Waals surface area contributed by atoms with E-state index in [4.69, 9.17) is 16.3 Å². The highest BCUT2D eigenvalue weighted by Gasteiger charge is 2.32. The van der Waals surface area contributed by atoms with Gasteiger partial charge in [0.2, 0.25) is 0 Å². The Bertz CT molecular complexity index is 1080. The zero-order valence-electron chi connectivity index (χ0n) is 12.9. The van der Waals surface area contributed by atoms with Gasteiger partial charge in [-0.2, -0.15) is 0 Å². The van der Waals surface area contributed by atoms with Crippen LogP contribution in [-0.4, -0.2) is 21.6 Å². The van der Waals surface area contributed by atoms with E-state index >= 15 is 0 Å². The second-order valence-electron chi connectivity index (χ2n) is 5.64. The van der Waals surface area contributed by atoms with Crippen LogP contribution in [0, 0.1) is 0 Å². The molecule has 0 aliphatic carbocycles. The van der Waals surface area contributed by atoms with Crippen molar-refractivity contribution in [3.8, 4) is 5.75 Å². The maximum Gasteiger partial charge on any atom is 0.265 e. The third kappa shape index (κ3) is 2.78. The highest BCUT2D eigenvalue weighted by Crippen LogP contribution is 2.43. The summed E-state index contributed by atoms with van der Waals surface area (Å²) in [5.41, 5.74) is 0.443. The summed E-state index contributed by atoms with van der Waals surface area (Å²) in [5, 5.41) is 2.01. The molecule has 1 aliphatic heterocycles. The lowest BCUT2D eigenvalue weighted by atomic mass is 10.1. The standard InChI is InChI=1S/C18H13BrClNO3S/c19-15-10-13(20)11-16-18(15)24-9-8-21(16)25(22,23)17-7-3-5-12-4-1-2-6-14(12)17/h1-7,10-11H,8-9H2. The molecular formula is C18H13BrClNO3S. The first-order valence-electron chi connectivity index (χ1n) is 7.61. The van der Waals surface area contributed by atoms with Crippen molar-refractivity contribution in [2.75, 3.05) is 17.5 Å². The lowest BCUT2D eigenvalue weighted by Gasteiger charge is -2.31. The molecule has 0 unspecified atom stereocenters. The molecule has 0 N–H and O–H groups in total. The minimum absolute atomic E-state index is 0.228. The quantitative estimate of drug-likeness (QED) is 0.575. The summed E-state index contributed by atoms with van der Waals surface area (Å²) in [6.07, 6.45) is 0. The first-order chi connectivity index (χ1) is 12.0. The zero-order valence-corrected chi connectivity index (χ0v) is 16.1. The van der Waals surface area contributed by atoms with Crippen molar-refractivity contribution in [3.63, 3.8) is 0 Å². The lowest BCUT2D eigenvalue weighted by Crippen LogP contribution is -2.38. The summed E-state index contributed by atoms with van der Waals surface area (Å²) in [6, 6.07) is 16.0. The van der Waals surface area contributed by atoms with Gasteiger partial charge in [0.25, 0.3) is 10.0 Å². The molecule has 3 aromatic carbocycles. The molecule has 0 aromatic heterocycles. The van der Waals surface area contributed by atoms with Crippen LogP contribution in [0.1, 0.15) is 0 Å². The predicted molar refractivity (Wildman–Crippen MR) is 103 cm³/mol. The summed E-state index contributed by atoms with van der Waals surface area (Å²) in [7, 11) is -3.76. The summed E-state index contributed by atoms with van der Waals surface area (Å²) in [4.78, 5) is 0.273. The minimum Gasteiger partial charge on any atom is -0.488 e. The van der Waals surface area contributed by atoms with Crippen molar-refractivity contribution >= 4 is 54.0 Å². The molecule has 4 rings (SSSR count). The van der Waals surface area contributed by atoms with Crippen molar-refractivity contribution in [3.05, 3.63) is 64.1 Å². The van der Waals surface area contributed by atoms with Crippen LogP contribution in [0.2, 0.25) is 5.02 Å². The Morgan fingerprint density at radius 3 is 2.68 bits per heavy atom. The summed E-state index contributed by atoms with van der Waals surface area (Å²) in [6.45, 7) is 0.503. The van der Waals surface area contributed by atoms with Crippen molar-refractivity contribution in [2.24, 2.45) is 0 Å². The lowest BCUT2D eigenvalue weighted by molar-refractivity contribution is 0.314. The molecule has 3 aromatic rings. The molecule has 0 atom stereocenters. The SMILES string of the molecule is O=S(=O)(c1cccc2ccccc12)N1CCOc2c(Br)cc(Cl)cc21. The first kappa shape index (κ1) is 16.7. The van der Waals surface area contributed by atoms with Gasteiger partial charge in [0.15, 0.2) is 5.75 Å². The van der Waals surface area contributed by atoms with E-state index in [1.807, 2.05) is 30.3 Å². The van der Waals surface area contributed by atoms with Crippen molar-refractivity contribution in [1.82, 2.24) is 0 Å². The predicted octanol–water partition coefficient (Wildman–Crippen LogP) is 4.84. The largest absolute Gasteiger partial charge is 0.488 e. The second kappa shape index (κ2) is 6.20. The van der Waals surface area contributed by atoms with Gasteiger partial charge in [-0.25, -0.2) is 8.42 Å². The second-order valence-corrected chi connectivity index (χ2v) is 8.76. The van der Waals surface area contributed by atoms with Crippen LogP contribution in [0.4, 0.5) is 5.69 Å². The number of rotatable bonds is 2. The number of ether oxygens (including phenoxy) is 1. The van der Waals surface area contributed by atoms with Crippen LogP contribution in [0.3, 0.4) is 0 Å². The molecule has 1 aliphatic rings. The number of nitrogens with zero attached hydrogens (tertiary/aromatic N) is 1. The number of fused-ring (bicyclic) bond motifs is 2. The molecule has 7 heteroatoms. The molecule has 1 heterocycles. The summed E-state index contributed by atoms with van der Waals surface area (Å²) >= 11 is 9.52. The van der Waals surface area contributed by atoms with Gasteiger partial charge >= 0.3 is 0 Å². The van der Waals surface area contributed by atoms with Gasteiger partial charge in [-0.05, 0) is 39.5 Å². The number of anilines is 1. The number of sulfonamides is 1. The fourth-order valence-electron chi connectivity index (χ4n) is 3.01. The van der Waals surface area contributed by atoms with Crippen molar-refractivity contribution in [2.45, 2.75) is 4.90 Å². The Morgan fingerprint density at radius 2 is 1.84 bits per heavy atom. The fraction of sp³-hybridized carbons (Fsp3) is 0.111. The first-order valence-corrected chi connectivity index (χ1v) is 10.2. The van der Waals surface area contributed by atoms with Gasteiger partial charge in [-0.3, -0.25) is 4.31 Å². The Balaban J connectivity index is 1.93. The zero-order chi connectivity index (χ0) is 17.6. The fourth-order valence-corrected chi connectivity index (χ4v) is 5.58. The van der Waals surface area contributed by atoms with Gasteiger partial charge in [-0.15, -0.1) is 0 Å². The molecule has 0 amide bonds. The van der Waals surface area contributed by atoms with E-state index in [0.717, 1.165) is 5.39 Å². The highest BCUT2D eigenvalue weighted by molar-refractivity contribution is 9.10. The smallest absolute Gasteiger partial charge is 0.265 e. The monoisotopic (exact) mass is 437 g/mol. The van der Waals surface area contributed by atoms with Gasteiger partial charge < -0.3 is 4.74 Å². The number of hydrogen-bond donors (Lipinski definition) is 0. The average Bonchev–Trinajstić information content (AvgIpc) is 2.60. The van der Waals surface area contributed by atoms with Gasteiger partial charge in [0, 0.05) is 10.4 Å². The molecule has 0 saturated heterocycles. The molecule has 0 bridgehead atoms. The van der Waals surface area contributed by atoms with Crippen LogP contribution in [0.25, 0.3) is 10.8 Å². The Kier molecular flexibility index (Phi) is 4.14. The molecule has 0 saturated carbocycles. The van der Waals surface area contributed by atoms with Crippen LogP contribution in [-0.2, 0) is 10.0 Å². The van der Waals surface area contributed by atoms with Crippen LogP contribution in [0.5, 0.6) is 5.75 Å². The normalized spacial score (nSPS) is 14.2. The number of benzene rings is 3. The molecule has 0 spiro atoms. The third-order valence-corrected chi connectivity index (χ3v) is 6.79. The van der Waals surface area contributed by atoms with E-state index in [1.165, 1.54) is 4.31 Å². The molecule has 0 radical (unpaired) electrons. The van der Waals surface area contributed by atoms with E-state index in [1.54, 1.807) is 24.3 Å². The minimum atomic E-state index is -3.76. The van der Waals surface area contributed by atoms with Crippen LogP contribution >= 0.6 is 27.5 Å². The molecule has 25 heavy (non-hydrogen) atoms. The van der Waals surface area contributed by atoms with E-state index in [9.17, 15) is 8.42 Å².